The van der Waals surface area contributed by atoms with Crippen molar-refractivity contribution in [3.8, 4) is 0 Å². The Morgan fingerprint density at radius 2 is 2.24 bits per heavy atom. The molecule has 1 unspecified atom stereocenters. The van der Waals surface area contributed by atoms with Crippen LogP contribution in [0.25, 0.3) is 0 Å². The van der Waals surface area contributed by atoms with Crippen molar-refractivity contribution in [3.05, 3.63) is 34.1 Å². The Hall–Kier alpha value is -0.490. The van der Waals surface area contributed by atoms with Crippen molar-refractivity contribution in [3.63, 3.8) is 0 Å². The summed E-state index contributed by atoms with van der Waals surface area (Å²) in [4.78, 5) is 0. The summed E-state index contributed by atoms with van der Waals surface area (Å²) in [6, 6.07) is 4.68. The summed E-state index contributed by atoms with van der Waals surface area (Å²) in [5.41, 5.74) is -0.377. The van der Waals surface area contributed by atoms with Crippen LogP contribution < -0.4 is 5.32 Å². The SMILES string of the molecule is COCCNC(C)(CO)c1cc(Br)ccc1F. The third kappa shape index (κ3) is 3.74. The van der Waals surface area contributed by atoms with Gasteiger partial charge in [-0.05, 0) is 25.1 Å². The molecule has 1 atom stereocenters. The highest BCUT2D eigenvalue weighted by Gasteiger charge is 2.28. The number of rotatable bonds is 6. The maximum absolute atomic E-state index is 13.8. The van der Waals surface area contributed by atoms with Crippen LogP contribution in [0.3, 0.4) is 0 Å². The first kappa shape index (κ1) is 14.6. The quantitative estimate of drug-likeness (QED) is 0.790. The average molecular weight is 306 g/mol. The first-order chi connectivity index (χ1) is 8.03. The molecule has 0 bridgehead atoms. The Morgan fingerprint density at radius 1 is 1.53 bits per heavy atom. The van der Waals surface area contributed by atoms with Gasteiger partial charge >= 0.3 is 0 Å². The van der Waals surface area contributed by atoms with Gasteiger partial charge in [-0.15, -0.1) is 0 Å². The zero-order valence-corrected chi connectivity index (χ0v) is 11.6. The van der Waals surface area contributed by atoms with Gasteiger partial charge in [-0.3, -0.25) is 0 Å². The zero-order chi connectivity index (χ0) is 12.9. The Morgan fingerprint density at radius 3 is 2.82 bits per heavy atom. The summed E-state index contributed by atoms with van der Waals surface area (Å²) in [7, 11) is 1.59. The van der Waals surface area contributed by atoms with Crippen LogP contribution in [0.1, 0.15) is 12.5 Å². The third-order valence-corrected chi connectivity index (χ3v) is 3.15. The number of hydrogen-bond acceptors (Lipinski definition) is 3. The molecular formula is C12H17BrFNO2. The lowest BCUT2D eigenvalue weighted by Gasteiger charge is -2.30. The molecule has 0 aliphatic carbocycles. The van der Waals surface area contributed by atoms with Crippen LogP contribution in [0.15, 0.2) is 22.7 Å². The van der Waals surface area contributed by atoms with Crippen molar-refractivity contribution in [1.82, 2.24) is 5.32 Å². The van der Waals surface area contributed by atoms with Gasteiger partial charge in [-0.1, -0.05) is 15.9 Å². The number of hydrogen-bond donors (Lipinski definition) is 2. The number of methoxy groups -OCH3 is 1. The van der Waals surface area contributed by atoms with Gasteiger partial charge in [0.1, 0.15) is 5.82 Å². The molecule has 0 aliphatic rings. The number of benzene rings is 1. The highest BCUT2D eigenvalue weighted by molar-refractivity contribution is 9.10. The lowest BCUT2D eigenvalue weighted by Crippen LogP contribution is -2.45. The van der Waals surface area contributed by atoms with E-state index in [9.17, 15) is 9.50 Å². The maximum Gasteiger partial charge on any atom is 0.128 e. The van der Waals surface area contributed by atoms with Gasteiger partial charge in [0.15, 0.2) is 0 Å². The van der Waals surface area contributed by atoms with Gasteiger partial charge in [0.05, 0.1) is 18.8 Å². The monoisotopic (exact) mass is 305 g/mol. The molecule has 0 saturated heterocycles. The standard InChI is InChI=1S/C12H17BrFNO2/c1-12(8-16,15-5-6-17-2)10-7-9(13)3-4-11(10)14/h3-4,7,15-16H,5-6,8H2,1-2H3. The normalized spacial score (nSPS) is 14.6. The highest BCUT2D eigenvalue weighted by atomic mass is 79.9. The number of nitrogens with one attached hydrogen (secondary N) is 1. The second kappa shape index (κ2) is 6.44. The number of ether oxygens (including phenoxy) is 1. The minimum absolute atomic E-state index is 0.190. The highest BCUT2D eigenvalue weighted by Crippen LogP contribution is 2.26. The van der Waals surface area contributed by atoms with E-state index in [0.29, 0.717) is 18.7 Å². The summed E-state index contributed by atoms with van der Waals surface area (Å²) in [5.74, 6) is -0.338. The smallest absolute Gasteiger partial charge is 0.128 e. The van der Waals surface area contributed by atoms with E-state index in [0.717, 1.165) is 4.47 Å². The molecule has 0 amide bonds. The van der Waals surface area contributed by atoms with Crippen LogP contribution in [0.4, 0.5) is 4.39 Å². The maximum atomic E-state index is 13.8. The molecule has 0 aromatic heterocycles. The third-order valence-electron chi connectivity index (χ3n) is 2.66. The van der Waals surface area contributed by atoms with E-state index < -0.39 is 5.54 Å². The van der Waals surface area contributed by atoms with E-state index in [2.05, 4.69) is 21.2 Å². The van der Waals surface area contributed by atoms with Crippen molar-refractivity contribution < 1.29 is 14.2 Å². The van der Waals surface area contributed by atoms with Crippen LogP contribution in [0.2, 0.25) is 0 Å². The largest absolute Gasteiger partial charge is 0.394 e. The molecule has 0 aliphatic heterocycles. The fraction of sp³-hybridized carbons (Fsp3) is 0.500. The molecule has 0 spiro atoms. The van der Waals surface area contributed by atoms with E-state index in [1.54, 1.807) is 26.2 Å². The van der Waals surface area contributed by atoms with Crippen LogP contribution in [0, 0.1) is 5.82 Å². The Kier molecular flexibility index (Phi) is 5.52. The molecule has 0 heterocycles. The van der Waals surface area contributed by atoms with Gasteiger partial charge in [0.25, 0.3) is 0 Å². The molecule has 2 N–H and O–H groups in total. The molecule has 1 aromatic rings. The number of halogens is 2. The first-order valence-electron chi connectivity index (χ1n) is 5.34. The van der Waals surface area contributed by atoms with Crippen LogP contribution in [-0.2, 0) is 10.3 Å². The van der Waals surface area contributed by atoms with Gasteiger partial charge in [0, 0.05) is 23.7 Å². The molecule has 17 heavy (non-hydrogen) atoms. The van der Waals surface area contributed by atoms with Gasteiger partial charge in [-0.25, -0.2) is 4.39 Å². The van der Waals surface area contributed by atoms with Gasteiger partial charge < -0.3 is 15.2 Å². The summed E-state index contributed by atoms with van der Waals surface area (Å²) < 4.78 is 19.5. The molecule has 5 heteroatoms. The molecule has 3 nitrogen and oxygen atoms in total. The fourth-order valence-corrected chi connectivity index (χ4v) is 1.95. The Balaban J connectivity index is 2.94. The molecule has 0 saturated carbocycles. The molecule has 96 valence electrons. The van der Waals surface area contributed by atoms with Crippen LogP contribution in [-0.4, -0.2) is 32.0 Å². The molecule has 0 radical (unpaired) electrons. The predicted molar refractivity (Wildman–Crippen MR) is 68.4 cm³/mol. The second-order valence-electron chi connectivity index (χ2n) is 4.03. The topological polar surface area (TPSA) is 41.5 Å². The van der Waals surface area contributed by atoms with E-state index in [1.807, 2.05) is 0 Å². The zero-order valence-electron chi connectivity index (χ0n) is 9.96. The second-order valence-corrected chi connectivity index (χ2v) is 4.95. The van der Waals surface area contributed by atoms with Crippen LogP contribution >= 0.6 is 15.9 Å². The Labute approximate surface area is 109 Å². The summed E-state index contributed by atoms with van der Waals surface area (Å²) in [6.45, 7) is 2.61. The number of aliphatic hydroxyl groups excluding tert-OH is 1. The van der Waals surface area contributed by atoms with Gasteiger partial charge in [0.2, 0.25) is 0 Å². The molecule has 1 rings (SSSR count). The number of aliphatic hydroxyl groups is 1. The van der Waals surface area contributed by atoms with E-state index >= 15 is 0 Å². The predicted octanol–water partition coefficient (Wildman–Crippen LogP) is 2.03. The lowest BCUT2D eigenvalue weighted by atomic mass is 9.92. The average Bonchev–Trinajstić information content (AvgIpc) is 2.32. The fourth-order valence-electron chi connectivity index (χ4n) is 1.59. The molecule has 0 fully saturated rings. The molecule has 1 aromatic carbocycles. The van der Waals surface area contributed by atoms with Crippen molar-refractivity contribution in [2.24, 2.45) is 0 Å². The van der Waals surface area contributed by atoms with E-state index in [1.165, 1.54) is 6.07 Å². The van der Waals surface area contributed by atoms with Crippen molar-refractivity contribution >= 4 is 15.9 Å². The summed E-state index contributed by atoms with van der Waals surface area (Å²) in [6.07, 6.45) is 0. The van der Waals surface area contributed by atoms with Crippen molar-refractivity contribution in [2.45, 2.75) is 12.5 Å². The molecular weight excluding hydrogens is 289 g/mol. The first-order valence-corrected chi connectivity index (χ1v) is 6.13. The van der Waals surface area contributed by atoms with Crippen molar-refractivity contribution in [2.75, 3.05) is 26.9 Å². The lowest BCUT2D eigenvalue weighted by molar-refractivity contribution is 0.145. The van der Waals surface area contributed by atoms with Gasteiger partial charge in [-0.2, -0.15) is 0 Å². The summed E-state index contributed by atoms with van der Waals surface area (Å²) >= 11 is 3.30. The van der Waals surface area contributed by atoms with Crippen LogP contribution in [0.5, 0.6) is 0 Å². The Bertz CT molecular complexity index is 376. The van der Waals surface area contributed by atoms with Crippen molar-refractivity contribution in [1.29, 1.82) is 0 Å². The summed E-state index contributed by atoms with van der Waals surface area (Å²) in [5, 5.41) is 12.6. The minimum Gasteiger partial charge on any atom is -0.394 e. The minimum atomic E-state index is -0.813. The van der Waals surface area contributed by atoms with E-state index in [4.69, 9.17) is 4.74 Å². The van der Waals surface area contributed by atoms with E-state index in [-0.39, 0.29) is 12.4 Å².